The number of aromatic nitrogens is 2. The minimum atomic E-state index is -0.472. The van der Waals surface area contributed by atoms with E-state index in [1.807, 2.05) is 71.4 Å². The molecule has 4 aromatic rings. The van der Waals surface area contributed by atoms with E-state index >= 15 is 0 Å². The fourth-order valence-electron chi connectivity index (χ4n) is 4.96. The molecule has 1 aromatic heterocycles. The number of rotatable bonds is 5. The molecule has 0 saturated carbocycles. The number of carbonyl (C=O) groups is 1. The quantitative estimate of drug-likeness (QED) is 0.339. The zero-order chi connectivity index (χ0) is 26.5. The van der Waals surface area contributed by atoms with E-state index in [2.05, 4.69) is 22.2 Å². The normalized spacial score (nSPS) is 13.0. The van der Waals surface area contributed by atoms with Crippen LogP contribution in [-0.2, 0) is 25.4 Å². The number of ketones is 1. The topological polar surface area (TPSA) is 73.3 Å². The number of nitrogens with two attached hydrogens (primary N) is 1. The molecule has 0 bridgehead atoms. The van der Waals surface area contributed by atoms with Gasteiger partial charge in [-0.1, -0.05) is 45.0 Å². The van der Waals surface area contributed by atoms with Crippen molar-refractivity contribution in [3.05, 3.63) is 100 Å². The summed E-state index contributed by atoms with van der Waals surface area (Å²) < 4.78 is 16.7. The first-order chi connectivity index (χ1) is 17.5. The van der Waals surface area contributed by atoms with Gasteiger partial charge in [-0.05, 0) is 75.5 Å². The molecule has 0 atom stereocenters. The molecule has 2 heterocycles. The lowest BCUT2D eigenvalue weighted by molar-refractivity contribution is 0.0989. The van der Waals surface area contributed by atoms with Gasteiger partial charge in [0, 0.05) is 30.8 Å². The number of carbonyl (C=O) groups excluding carboxylic acids is 1. The molecule has 37 heavy (non-hydrogen) atoms. The van der Waals surface area contributed by atoms with Crippen LogP contribution in [0.4, 0.5) is 4.39 Å². The molecule has 0 spiro atoms. The first-order valence-corrected chi connectivity index (χ1v) is 12.4. The molecule has 1 aliphatic rings. The number of aryl methyl sites for hydroxylation is 1. The highest BCUT2D eigenvalue weighted by molar-refractivity contribution is 6.04. The Hall–Kier alpha value is -4.06. The van der Waals surface area contributed by atoms with Crippen molar-refractivity contribution in [2.75, 3.05) is 0 Å². The van der Waals surface area contributed by atoms with Gasteiger partial charge < -0.3 is 5.73 Å². The summed E-state index contributed by atoms with van der Waals surface area (Å²) in [4.78, 5) is 17.6. The summed E-state index contributed by atoms with van der Waals surface area (Å²) in [6, 6.07) is 15.1. The lowest BCUT2D eigenvalue weighted by Gasteiger charge is -2.19. The van der Waals surface area contributed by atoms with E-state index in [-0.39, 0.29) is 23.2 Å². The van der Waals surface area contributed by atoms with E-state index in [4.69, 9.17) is 5.73 Å². The number of amidine groups is 1. The zero-order valence-electron chi connectivity index (χ0n) is 21.9. The third-order valence-corrected chi connectivity index (χ3v) is 7.19. The van der Waals surface area contributed by atoms with Gasteiger partial charge >= 0.3 is 0 Å². The first-order valence-electron chi connectivity index (χ1n) is 12.4. The molecule has 6 heteroatoms. The minimum absolute atomic E-state index is 0.120. The van der Waals surface area contributed by atoms with Crippen LogP contribution in [0.2, 0.25) is 0 Å². The van der Waals surface area contributed by atoms with Crippen molar-refractivity contribution in [3.8, 4) is 22.3 Å². The van der Waals surface area contributed by atoms with Crippen LogP contribution in [0.5, 0.6) is 0 Å². The minimum Gasteiger partial charge on any atom is -0.383 e. The van der Waals surface area contributed by atoms with E-state index in [9.17, 15) is 9.18 Å². The Morgan fingerprint density at radius 1 is 1.05 bits per heavy atom. The Labute approximate surface area is 216 Å². The second-order valence-corrected chi connectivity index (χ2v) is 10.8. The molecule has 5 rings (SSSR count). The number of halogens is 1. The maximum Gasteiger partial charge on any atom is 0.170 e. The summed E-state index contributed by atoms with van der Waals surface area (Å²) in [5.74, 6) is -0.180. The van der Waals surface area contributed by atoms with E-state index in [1.165, 1.54) is 6.07 Å². The highest BCUT2D eigenvalue weighted by Crippen LogP contribution is 2.37. The molecule has 5 nitrogen and oxygen atoms in total. The fourth-order valence-corrected chi connectivity index (χ4v) is 4.96. The molecule has 2 N–H and O–H groups in total. The average Bonchev–Trinajstić information content (AvgIpc) is 3.44. The third kappa shape index (κ3) is 4.59. The highest BCUT2D eigenvalue weighted by atomic mass is 19.1. The van der Waals surface area contributed by atoms with Crippen LogP contribution in [0.25, 0.3) is 22.3 Å². The fraction of sp³-hybridized carbons (Fsp3) is 0.258. The van der Waals surface area contributed by atoms with Gasteiger partial charge in [-0.15, -0.1) is 0 Å². The Morgan fingerprint density at radius 3 is 2.49 bits per heavy atom. The van der Waals surface area contributed by atoms with Crippen LogP contribution < -0.4 is 5.73 Å². The second kappa shape index (κ2) is 9.11. The Morgan fingerprint density at radius 2 is 1.81 bits per heavy atom. The third-order valence-electron chi connectivity index (χ3n) is 7.19. The molecule has 0 saturated heterocycles. The van der Waals surface area contributed by atoms with Crippen molar-refractivity contribution in [2.45, 2.75) is 46.1 Å². The molecule has 0 radical (unpaired) electrons. The molecule has 0 amide bonds. The van der Waals surface area contributed by atoms with Gasteiger partial charge in [-0.25, -0.2) is 4.39 Å². The molecule has 0 aliphatic carbocycles. The van der Waals surface area contributed by atoms with Crippen LogP contribution in [0.3, 0.4) is 0 Å². The van der Waals surface area contributed by atoms with E-state index in [1.54, 1.807) is 10.7 Å². The van der Waals surface area contributed by atoms with Crippen molar-refractivity contribution in [1.29, 1.82) is 0 Å². The number of hydrogen-bond donors (Lipinski definition) is 1. The van der Waals surface area contributed by atoms with E-state index < -0.39 is 5.82 Å². The van der Waals surface area contributed by atoms with Gasteiger partial charge in [0.1, 0.15) is 11.7 Å². The Bertz CT molecular complexity index is 1570. The summed E-state index contributed by atoms with van der Waals surface area (Å²) in [5.41, 5.74) is 15.0. The lowest BCUT2D eigenvalue weighted by Crippen LogP contribution is -2.14. The Kier molecular flexibility index (Phi) is 6.06. The molecule has 0 fully saturated rings. The first kappa shape index (κ1) is 24.6. The van der Waals surface area contributed by atoms with Crippen molar-refractivity contribution in [3.63, 3.8) is 0 Å². The molecular weight excluding hydrogens is 463 g/mol. The number of aliphatic imine (C=N–C) groups is 1. The van der Waals surface area contributed by atoms with Crippen LogP contribution in [0.15, 0.2) is 65.9 Å². The zero-order valence-corrected chi connectivity index (χ0v) is 21.9. The maximum absolute atomic E-state index is 14.9. The second-order valence-electron chi connectivity index (χ2n) is 10.8. The standard InChI is InChI=1S/C31H31FN4O/c1-18-19(13-29(37)24-10-9-22(14-28(24)32)31(2,3)4)7-6-8-23(18)20-11-25(21-15-35-36(5)17-21)27-16-34-30(33)26(27)12-20/h6-12,14-15,17H,13,16H2,1-5H3,(H2,33,34). The van der Waals surface area contributed by atoms with Crippen LogP contribution >= 0.6 is 0 Å². The van der Waals surface area contributed by atoms with Gasteiger partial charge in [-0.3, -0.25) is 14.5 Å². The van der Waals surface area contributed by atoms with Gasteiger partial charge in [0.05, 0.1) is 18.3 Å². The summed E-state index contributed by atoms with van der Waals surface area (Å²) in [7, 11) is 1.89. The molecule has 1 aliphatic heterocycles. The predicted molar refractivity (Wildman–Crippen MR) is 146 cm³/mol. The molecule has 3 aromatic carbocycles. The van der Waals surface area contributed by atoms with Crippen LogP contribution in [0, 0.1) is 12.7 Å². The number of nitrogens with zero attached hydrogens (tertiary/aromatic N) is 3. The average molecular weight is 495 g/mol. The summed E-state index contributed by atoms with van der Waals surface area (Å²) in [6.45, 7) is 8.62. The van der Waals surface area contributed by atoms with Crippen molar-refractivity contribution >= 4 is 11.6 Å². The molecular formula is C31H31FN4O. The predicted octanol–water partition coefficient (Wildman–Crippen LogP) is 6.14. The monoisotopic (exact) mass is 494 g/mol. The van der Waals surface area contributed by atoms with E-state index in [0.29, 0.717) is 12.4 Å². The van der Waals surface area contributed by atoms with Crippen LogP contribution in [-0.4, -0.2) is 21.4 Å². The number of hydrogen-bond acceptors (Lipinski definition) is 4. The molecule has 0 unspecified atom stereocenters. The van der Waals surface area contributed by atoms with Crippen molar-refractivity contribution in [1.82, 2.24) is 9.78 Å². The Balaban J connectivity index is 1.52. The van der Waals surface area contributed by atoms with Crippen molar-refractivity contribution in [2.24, 2.45) is 17.8 Å². The number of fused-ring (bicyclic) bond motifs is 1. The largest absolute Gasteiger partial charge is 0.383 e. The summed E-state index contributed by atoms with van der Waals surface area (Å²) in [5, 5.41) is 4.34. The SMILES string of the molecule is Cc1c(CC(=O)c2ccc(C(C)(C)C)cc2F)cccc1-c1cc2c(c(-c3cnn(C)c3)c1)CN=C2N. The summed E-state index contributed by atoms with van der Waals surface area (Å²) in [6.07, 6.45) is 3.94. The number of benzene rings is 3. The molecule has 188 valence electrons. The summed E-state index contributed by atoms with van der Waals surface area (Å²) >= 11 is 0. The lowest BCUT2D eigenvalue weighted by atomic mass is 9.85. The van der Waals surface area contributed by atoms with Gasteiger partial charge in [-0.2, -0.15) is 5.10 Å². The highest BCUT2D eigenvalue weighted by Gasteiger charge is 2.22. The van der Waals surface area contributed by atoms with Gasteiger partial charge in [0.25, 0.3) is 0 Å². The van der Waals surface area contributed by atoms with Gasteiger partial charge in [0.15, 0.2) is 5.78 Å². The van der Waals surface area contributed by atoms with Crippen molar-refractivity contribution < 1.29 is 9.18 Å². The van der Waals surface area contributed by atoms with Gasteiger partial charge in [0.2, 0.25) is 0 Å². The smallest absolute Gasteiger partial charge is 0.170 e. The maximum atomic E-state index is 14.9. The number of Topliss-reactive ketones (excluding diaryl/α,β-unsaturated/α-hetero) is 1. The van der Waals surface area contributed by atoms with E-state index in [0.717, 1.165) is 50.1 Å². The van der Waals surface area contributed by atoms with Crippen LogP contribution in [0.1, 0.15) is 58.9 Å².